The summed E-state index contributed by atoms with van der Waals surface area (Å²) in [6.07, 6.45) is 1.67. The van der Waals surface area contributed by atoms with Gasteiger partial charge in [0.05, 0.1) is 6.10 Å². The van der Waals surface area contributed by atoms with Crippen LogP contribution in [0.3, 0.4) is 0 Å². The number of likely N-dealkylation sites (tertiary alicyclic amines) is 1. The molecular weight excluding hydrogens is 271 g/mol. The summed E-state index contributed by atoms with van der Waals surface area (Å²) in [5.41, 5.74) is 0.503. The van der Waals surface area contributed by atoms with Gasteiger partial charge >= 0.3 is 0 Å². The van der Waals surface area contributed by atoms with Crippen molar-refractivity contribution in [2.45, 2.75) is 31.9 Å². The highest BCUT2D eigenvalue weighted by molar-refractivity contribution is 5.94. The van der Waals surface area contributed by atoms with Crippen molar-refractivity contribution in [1.29, 1.82) is 0 Å². The summed E-state index contributed by atoms with van der Waals surface area (Å²) >= 11 is 0. The van der Waals surface area contributed by atoms with Crippen molar-refractivity contribution < 1.29 is 14.3 Å². The normalized spacial score (nSPS) is 17.3. The molecule has 4 nitrogen and oxygen atoms in total. The minimum Gasteiger partial charge on any atom is -0.390 e. The molecule has 1 amide bonds. The summed E-state index contributed by atoms with van der Waals surface area (Å²) in [5, 5.41) is 9.36. The molecule has 0 spiro atoms. The number of carbonyl (C=O) groups excluding carboxylic acids is 1. The smallest absolute Gasteiger partial charge is 0.253 e. The maximum absolute atomic E-state index is 12.9. The van der Waals surface area contributed by atoms with Gasteiger partial charge in [0.15, 0.2) is 0 Å². The lowest BCUT2D eigenvalue weighted by Crippen LogP contribution is -2.55. The van der Waals surface area contributed by atoms with Gasteiger partial charge < -0.3 is 10.0 Å². The van der Waals surface area contributed by atoms with Crippen molar-refractivity contribution in [3.8, 4) is 0 Å². The summed E-state index contributed by atoms with van der Waals surface area (Å²) in [7, 11) is 1.79. The molecule has 1 aliphatic heterocycles. The van der Waals surface area contributed by atoms with Crippen molar-refractivity contribution in [2.75, 3.05) is 26.7 Å². The van der Waals surface area contributed by atoms with Crippen LogP contribution in [0.2, 0.25) is 0 Å². The highest BCUT2D eigenvalue weighted by Gasteiger charge is 2.29. The van der Waals surface area contributed by atoms with E-state index in [9.17, 15) is 14.3 Å². The molecule has 21 heavy (non-hydrogen) atoms. The number of amides is 1. The second-order valence-corrected chi connectivity index (χ2v) is 5.74. The van der Waals surface area contributed by atoms with Gasteiger partial charge in [-0.25, -0.2) is 4.39 Å². The fraction of sp³-hybridized carbons (Fsp3) is 0.562. The first-order valence-electron chi connectivity index (χ1n) is 7.44. The van der Waals surface area contributed by atoms with E-state index in [0.717, 1.165) is 19.4 Å². The average molecular weight is 294 g/mol. The van der Waals surface area contributed by atoms with E-state index in [-0.39, 0.29) is 23.9 Å². The van der Waals surface area contributed by atoms with E-state index >= 15 is 0 Å². The number of hydrogen-bond donors (Lipinski definition) is 1. The SMILES string of the molecule is CCC[C@@H](CN1CC(O)C1)N(C)C(=O)c1ccc(F)cc1. The third-order valence-corrected chi connectivity index (χ3v) is 3.99. The number of carbonyl (C=O) groups is 1. The number of aliphatic hydroxyl groups is 1. The Hall–Kier alpha value is -1.46. The van der Waals surface area contributed by atoms with Gasteiger partial charge in [0.2, 0.25) is 0 Å². The molecule has 5 heteroatoms. The number of rotatable bonds is 6. The number of nitrogens with zero attached hydrogens (tertiary/aromatic N) is 2. The number of benzene rings is 1. The second-order valence-electron chi connectivity index (χ2n) is 5.74. The molecular formula is C16H23FN2O2. The Morgan fingerprint density at radius 2 is 2.05 bits per heavy atom. The summed E-state index contributed by atoms with van der Waals surface area (Å²) in [5.74, 6) is -0.427. The van der Waals surface area contributed by atoms with Gasteiger partial charge in [-0.1, -0.05) is 13.3 Å². The van der Waals surface area contributed by atoms with Crippen LogP contribution < -0.4 is 0 Å². The molecule has 1 aromatic rings. The first kappa shape index (κ1) is 15.9. The molecule has 1 atom stereocenters. The Balaban J connectivity index is 2.00. The van der Waals surface area contributed by atoms with Crippen LogP contribution in [0, 0.1) is 5.82 Å². The van der Waals surface area contributed by atoms with Gasteiger partial charge in [0.25, 0.3) is 5.91 Å². The lowest BCUT2D eigenvalue weighted by molar-refractivity contribution is -0.0113. The van der Waals surface area contributed by atoms with Gasteiger partial charge in [-0.3, -0.25) is 9.69 Å². The largest absolute Gasteiger partial charge is 0.390 e. The minimum atomic E-state index is -0.339. The molecule has 1 heterocycles. The van der Waals surface area contributed by atoms with Crippen molar-refractivity contribution >= 4 is 5.91 Å². The minimum absolute atomic E-state index is 0.0884. The van der Waals surface area contributed by atoms with Gasteiger partial charge in [0.1, 0.15) is 5.82 Å². The number of aliphatic hydroxyl groups excluding tert-OH is 1. The van der Waals surface area contributed by atoms with E-state index in [1.54, 1.807) is 11.9 Å². The summed E-state index contributed by atoms with van der Waals surface area (Å²) in [6.45, 7) is 4.22. The standard InChI is InChI=1S/C16H23FN2O2/c1-3-4-14(9-19-10-15(20)11-19)18(2)16(21)12-5-7-13(17)8-6-12/h5-8,14-15,20H,3-4,9-11H2,1-2H3/t14-/m0/s1. The monoisotopic (exact) mass is 294 g/mol. The van der Waals surface area contributed by atoms with Crippen LogP contribution in [0.25, 0.3) is 0 Å². The van der Waals surface area contributed by atoms with Crippen LogP contribution in [0.4, 0.5) is 4.39 Å². The van der Waals surface area contributed by atoms with Crippen LogP contribution in [-0.2, 0) is 0 Å². The average Bonchev–Trinajstić information content (AvgIpc) is 2.44. The Morgan fingerprint density at radius 1 is 1.43 bits per heavy atom. The molecule has 2 rings (SSSR count). The zero-order valence-electron chi connectivity index (χ0n) is 12.6. The van der Waals surface area contributed by atoms with Gasteiger partial charge in [-0.05, 0) is 30.7 Å². The molecule has 0 saturated carbocycles. The first-order chi connectivity index (χ1) is 10.0. The molecule has 0 aliphatic carbocycles. The van der Waals surface area contributed by atoms with E-state index in [4.69, 9.17) is 0 Å². The molecule has 116 valence electrons. The Labute approximate surface area is 125 Å². The van der Waals surface area contributed by atoms with Gasteiger partial charge in [0, 0.05) is 38.3 Å². The van der Waals surface area contributed by atoms with Gasteiger partial charge in [-0.15, -0.1) is 0 Å². The molecule has 0 aromatic heterocycles. The van der Waals surface area contributed by atoms with E-state index in [1.165, 1.54) is 24.3 Å². The molecule has 0 bridgehead atoms. The summed E-state index contributed by atoms with van der Waals surface area (Å²) < 4.78 is 12.9. The van der Waals surface area contributed by atoms with Gasteiger partial charge in [-0.2, -0.15) is 0 Å². The lowest BCUT2D eigenvalue weighted by atomic mass is 10.1. The molecule has 1 fully saturated rings. The Kier molecular flexibility index (Phi) is 5.31. The van der Waals surface area contributed by atoms with E-state index in [0.29, 0.717) is 18.7 Å². The van der Waals surface area contributed by atoms with E-state index in [1.807, 2.05) is 0 Å². The molecule has 0 unspecified atom stereocenters. The van der Waals surface area contributed by atoms with Crippen molar-refractivity contribution in [3.05, 3.63) is 35.6 Å². The lowest BCUT2D eigenvalue weighted by Gasteiger charge is -2.40. The number of likely N-dealkylation sites (N-methyl/N-ethyl adjacent to an activating group) is 1. The fourth-order valence-electron chi connectivity index (χ4n) is 2.69. The van der Waals surface area contributed by atoms with Crippen molar-refractivity contribution in [2.24, 2.45) is 0 Å². The third kappa shape index (κ3) is 4.02. The second kappa shape index (κ2) is 7.00. The molecule has 1 N–H and O–H groups in total. The van der Waals surface area contributed by atoms with E-state index in [2.05, 4.69) is 11.8 Å². The van der Waals surface area contributed by atoms with E-state index < -0.39 is 0 Å². The van der Waals surface area contributed by atoms with Crippen LogP contribution in [0.1, 0.15) is 30.1 Å². The topological polar surface area (TPSA) is 43.8 Å². The van der Waals surface area contributed by atoms with Crippen LogP contribution in [0.5, 0.6) is 0 Å². The number of hydrogen-bond acceptors (Lipinski definition) is 3. The molecule has 0 radical (unpaired) electrons. The van der Waals surface area contributed by atoms with Crippen LogP contribution >= 0.6 is 0 Å². The first-order valence-corrected chi connectivity index (χ1v) is 7.44. The maximum Gasteiger partial charge on any atom is 0.253 e. The fourth-order valence-corrected chi connectivity index (χ4v) is 2.69. The van der Waals surface area contributed by atoms with Crippen molar-refractivity contribution in [1.82, 2.24) is 9.80 Å². The van der Waals surface area contributed by atoms with Crippen LogP contribution in [0.15, 0.2) is 24.3 Å². The predicted molar refractivity (Wildman–Crippen MR) is 79.6 cm³/mol. The van der Waals surface area contributed by atoms with Crippen molar-refractivity contribution in [3.63, 3.8) is 0 Å². The third-order valence-electron chi connectivity index (χ3n) is 3.99. The maximum atomic E-state index is 12.9. The highest BCUT2D eigenvalue weighted by Crippen LogP contribution is 2.16. The number of β-amino-alcohol motifs (C(OH)–C–C–N with tert-alkyl or cyclic N) is 1. The quantitative estimate of drug-likeness (QED) is 0.869. The summed E-state index contributed by atoms with van der Waals surface area (Å²) in [4.78, 5) is 16.3. The zero-order chi connectivity index (χ0) is 15.4. The highest BCUT2D eigenvalue weighted by atomic mass is 19.1. The Bertz CT molecular complexity index is 472. The molecule has 1 saturated heterocycles. The number of halogens is 1. The zero-order valence-corrected chi connectivity index (χ0v) is 12.6. The molecule has 1 aromatic carbocycles. The summed E-state index contributed by atoms with van der Waals surface area (Å²) in [6, 6.07) is 5.76. The molecule has 1 aliphatic rings. The predicted octanol–water partition coefficient (Wildman–Crippen LogP) is 1.74. The Morgan fingerprint density at radius 3 is 2.57 bits per heavy atom. The van der Waals surface area contributed by atoms with Crippen LogP contribution in [-0.4, -0.2) is 59.6 Å².